The summed E-state index contributed by atoms with van der Waals surface area (Å²) >= 11 is 0. The highest BCUT2D eigenvalue weighted by Crippen LogP contribution is 2.11. The van der Waals surface area contributed by atoms with Crippen LogP contribution in [0.3, 0.4) is 0 Å². The SMILES string of the molecule is CCC(C)C(NC(=O)C(Cc1ccccc1)NC(=O)C(C)N)C(=O)NC(CCCCN)C(=O)O. The predicted molar refractivity (Wildman–Crippen MR) is 130 cm³/mol. The Morgan fingerprint density at radius 3 is 2.06 bits per heavy atom. The fraction of sp³-hybridized carbons (Fsp3) is 0.583. The van der Waals surface area contributed by atoms with Crippen molar-refractivity contribution in [3.05, 3.63) is 35.9 Å². The average Bonchev–Trinajstić information content (AvgIpc) is 2.81. The summed E-state index contributed by atoms with van der Waals surface area (Å²) < 4.78 is 0. The van der Waals surface area contributed by atoms with Crippen molar-refractivity contribution in [1.82, 2.24) is 16.0 Å². The van der Waals surface area contributed by atoms with Crippen molar-refractivity contribution in [3.8, 4) is 0 Å². The Hall–Kier alpha value is -2.98. The van der Waals surface area contributed by atoms with Crippen LogP contribution in [0.5, 0.6) is 0 Å². The lowest BCUT2D eigenvalue weighted by molar-refractivity contribution is -0.143. The van der Waals surface area contributed by atoms with Crippen LogP contribution < -0.4 is 27.4 Å². The summed E-state index contributed by atoms with van der Waals surface area (Å²) in [4.78, 5) is 50.1. The minimum atomic E-state index is -1.15. The van der Waals surface area contributed by atoms with Crippen molar-refractivity contribution < 1.29 is 24.3 Å². The Morgan fingerprint density at radius 1 is 0.912 bits per heavy atom. The number of carboxylic acid groups (broad SMARTS) is 1. The van der Waals surface area contributed by atoms with E-state index in [2.05, 4.69) is 16.0 Å². The number of carboxylic acids is 1. The largest absolute Gasteiger partial charge is 0.480 e. The summed E-state index contributed by atoms with van der Waals surface area (Å²) in [6, 6.07) is 5.32. The third-order valence-corrected chi connectivity index (χ3v) is 5.68. The van der Waals surface area contributed by atoms with E-state index in [-0.39, 0.29) is 18.8 Å². The maximum absolute atomic E-state index is 13.2. The van der Waals surface area contributed by atoms with Gasteiger partial charge in [-0.1, -0.05) is 50.6 Å². The molecule has 1 rings (SSSR count). The van der Waals surface area contributed by atoms with E-state index in [1.807, 2.05) is 37.3 Å². The fourth-order valence-corrected chi connectivity index (χ4v) is 3.33. The maximum atomic E-state index is 13.2. The quantitative estimate of drug-likeness (QED) is 0.197. The molecule has 0 fully saturated rings. The number of nitrogens with two attached hydrogens (primary N) is 2. The highest BCUT2D eigenvalue weighted by molar-refractivity contribution is 5.94. The molecule has 3 amide bonds. The van der Waals surface area contributed by atoms with Crippen molar-refractivity contribution in [3.63, 3.8) is 0 Å². The number of unbranched alkanes of at least 4 members (excludes halogenated alkanes) is 1. The van der Waals surface area contributed by atoms with E-state index in [4.69, 9.17) is 11.5 Å². The second kappa shape index (κ2) is 15.0. The summed E-state index contributed by atoms with van der Waals surface area (Å²) in [6.07, 6.45) is 2.21. The molecule has 0 saturated carbocycles. The molecule has 10 heteroatoms. The fourth-order valence-electron chi connectivity index (χ4n) is 3.33. The van der Waals surface area contributed by atoms with Gasteiger partial charge in [0.1, 0.15) is 18.1 Å². The number of benzene rings is 1. The van der Waals surface area contributed by atoms with Gasteiger partial charge in [-0.15, -0.1) is 0 Å². The maximum Gasteiger partial charge on any atom is 0.326 e. The van der Waals surface area contributed by atoms with Gasteiger partial charge in [-0.25, -0.2) is 4.79 Å². The van der Waals surface area contributed by atoms with Gasteiger partial charge in [0.15, 0.2) is 0 Å². The van der Waals surface area contributed by atoms with Crippen LogP contribution in [0, 0.1) is 5.92 Å². The molecule has 0 saturated heterocycles. The van der Waals surface area contributed by atoms with Gasteiger partial charge < -0.3 is 32.5 Å². The summed E-state index contributed by atoms with van der Waals surface area (Å²) in [5.41, 5.74) is 12.0. The number of nitrogens with one attached hydrogen (secondary N) is 3. The van der Waals surface area contributed by atoms with Crippen molar-refractivity contribution in [2.24, 2.45) is 17.4 Å². The molecule has 1 aromatic rings. The zero-order valence-electron chi connectivity index (χ0n) is 20.3. The summed E-state index contributed by atoms with van der Waals surface area (Å²) in [5, 5.41) is 17.4. The zero-order valence-corrected chi connectivity index (χ0v) is 20.3. The summed E-state index contributed by atoms with van der Waals surface area (Å²) in [6.45, 7) is 5.61. The molecule has 1 aromatic carbocycles. The van der Waals surface area contributed by atoms with Crippen LogP contribution >= 0.6 is 0 Å². The lowest BCUT2D eigenvalue weighted by atomic mass is 9.96. The van der Waals surface area contributed by atoms with Crippen LogP contribution in [0.1, 0.15) is 52.0 Å². The second-order valence-electron chi connectivity index (χ2n) is 8.60. The normalized spacial score (nSPS) is 15.3. The Kier molecular flexibility index (Phi) is 12.8. The Balaban J connectivity index is 3.03. The molecule has 0 aliphatic rings. The Labute approximate surface area is 201 Å². The predicted octanol–water partition coefficient (Wildman–Crippen LogP) is 0.290. The van der Waals surface area contributed by atoms with Crippen LogP contribution in [0.25, 0.3) is 0 Å². The van der Waals surface area contributed by atoms with Gasteiger partial charge in [-0.05, 0) is 44.2 Å². The van der Waals surface area contributed by atoms with Gasteiger partial charge in [0.25, 0.3) is 0 Å². The van der Waals surface area contributed by atoms with E-state index in [1.165, 1.54) is 6.92 Å². The van der Waals surface area contributed by atoms with Gasteiger partial charge >= 0.3 is 5.97 Å². The van der Waals surface area contributed by atoms with E-state index in [9.17, 15) is 24.3 Å². The minimum Gasteiger partial charge on any atom is -0.480 e. The molecule has 190 valence electrons. The van der Waals surface area contributed by atoms with Crippen LogP contribution in [0.2, 0.25) is 0 Å². The van der Waals surface area contributed by atoms with Gasteiger partial charge in [-0.3, -0.25) is 14.4 Å². The second-order valence-corrected chi connectivity index (χ2v) is 8.60. The van der Waals surface area contributed by atoms with Crippen LogP contribution in [0.4, 0.5) is 0 Å². The first-order valence-electron chi connectivity index (χ1n) is 11.7. The molecule has 0 aromatic heterocycles. The minimum absolute atomic E-state index is 0.205. The number of hydrogen-bond acceptors (Lipinski definition) is 6. The van der Waals surface area contributed by atoms with Gasteiger partial charge in [0, 0.05) is 6.42 Å². The smallest absolute Gasteiger partial charge is 0.326 e. The topological polar surface area (TPSA) is 177 Å². The lowest BCUT2D eigenvalue weighted by Crippen LogP contribution is -2.59. The summed E-state index contributed by atoms with van der Waals surface area (Å²) in [5.74, 6) is -3.05. The van der Waals surface area contributed by atoms with Crippen LogP contribution in [-0.4, -0.2) is 59.5 Å². The van der Waals surface area contributed by atoms with Gasteiger partial charge in [0.05, 0.1) is 6.04 Å². The molecule has 0 bridgehead atoms. The number of amides is 3. The van der Waals surface area contributed by atoms with E-state index in [0.29, 0.717) is 25.8 Å². The molecule has 0 aliphatic heterocycles. The molecule has 8 N–H and O–H groups in total. The molecule has 10 nitrogen and oxygen atoms in total. The lowest BCUT2D eigenvalue weighted by Gasteiger charge is -2.28. The number of carbonyl (C=O) groups excluding carboxylic acids is 3. The highest BCUT2D eigenvalue weighted by Gasteiger charge is 2.32. The van der Waals surface area contributed by atoms with Crippen molar-refractivity contribution in [2.75, 3.05) is 6.54 Å². The van der Waals surface area contributed by atoms with Crippen LogP contribution in [0.15, 0.2) is 30.3 Å². The van der Waals surface area contributed by atoms with E-state index in [0.717, 1.165) is 5.56 Å². The van der Waals surface area contributed by atoms with E-state index in [1.54, 1.807) is 6.92 Å². The van der Waals surface area contributed by atoms with Crippen LogP contribution in [-0.2, 0) is 25.6 Å². The van der Waals surface area contributed by atoms with Crippen molar-refractivity contribution in [1.29, 1.82) is 0 Å². The molecule has 34 heavy (non-hydrogen) atoms. The average molecular weight is 478 g/mol. The number of aliphatic carboxylic acids is 1. The molecule has 0 radical (unpaired) electrons. The summed E-state index contributed by atoms with van der Waals surface area (Å²) in [7, 11) is 0. The first-order chi connectivity index (χ1) is 16.1. The molecular weight excluding hydrogens is 438 g/mol. The Bertz CT molecular complexity index is 802. The molecule has 0 heterocycles. The van der Waals surface area contributed by atoms with Crippen molar-refractivity contribution >= 4 is 23.7 Å². The van der Waals surface area contributed by atoms with Crippen molar-refractivity contribution in [2.45, 2.75) is 77.0 Å². The first-order valence-corrected chi connectivity index (χ1v) is 11.7. The monoisotopic (exact) mass is 477 g/mol. The molecular formula is C24H39N5O5. The number of carbonyl (C=O) groups is 4. The molecule has 0 aliphatic carbocycles. The third-order valence-electron chi connectivity index (χ3n) is 5.68. The molecule has 5 unspecified atom stereocenters. The highest BCUT2D eigenvalue weighted by atomic mass is 16.4. The number of hydrogen-bond donors (Lipinski definition) is 6. The molecule has 0 spiro atoms. The van der Waals surface area contributed by atoms with Gasteiger partial charge in [0.2, 0.25) is 17.7 Å². The Morgan fingerprint density at radius 2 is 1.53 bits per heavy atom. The zero-order chi connectivity index (χ0) is 25.7. The van der Waals surface area contributed by atoms with E-state index < -0.39 is 47.9 Å². The number of rotatable bonds is 15. The first kappa shape index (κ1) is 29.1. The molecule has 5 atom stereocenters. The standard InChI is InChI=1S/C24H39N5O5/c1-4-15(2)20(23(32)27-18(24(33)34)12-8-9-13-25)29-22(31)19(28-21(30)16(3)26)14-17-10-6-5-7-11-17/h5-7,10-11,15-16,18-20H,4,8-9,12-14,25-26H2,1-3H3,(H,27,32)(H,28,30)(H,29,31)(H,33,34). The van der Waals surface area contributed by atoms with E-state index >= 15 is 0 Å². The van der Waals surface area contributed by atoms with Gasteiger partial charge in [-0.2, -0.15) is 0 Å². The third kappa shape index (κ3) is 9.88.